The highest BCUT2D eigenvalue weighted by Crippen LogP contribution is 2.15. The molecule has 0 aliphatic heterocycles. The molecule has 0 bridgehead atoms. The summed E-state index contributed by atoms with van der Waals surface area (Å²) in [6.07, 6.45) is 0. The van der Waals surface area contributed by atoms with Crippen molar-refractivity contribution in [1.82, 2.24) is 0 Å². The molecule has 0 aromatic heterocycles. The molecular weight excluding hydrogens is 215 g/mol. The first-order chi connectivity index (χ1) is 4.33. The average Bonchev–Trinajstić information content (AvgIpc) is 1.90. The Labute approximate surface area is 74.2 Å². The molecule has 1 aromatic carbocycles. The minimum atomic E-state index is 0. The highest BCUT2D eigenvalue weighted by atomic mass is 79.9. The first-order valence-corrected chi connectivity index (χ1v) is 2.81. The van der Waals surface area contributed by atoms with E-state index < -0.39 is 0 Å². The lowest BCUT2D eigenvalue weighted by Gasteiger charge is -1.78. The Bertz CT molecular complexity index is 239. The van der Waals surface area contributed by atoms with Crippen molar-refractivity contribution < 1.29 is 17.0 Å². The third kappa shape index (κ3) is 2.34. The summed E-state index contributed by atoms with van der Waals surface area (Å²) >= 11 is 5.55. The van der Waals surface area contributed by atoms with Crippen molar-refractivity contribution >= 4 is 17.3 Å². The second kappa shape index (κ2) is 4.26. The predicted molar refractivity (Wildman–Crippen MR) is 36.2 cm³/mol. The molecule has 0 heterocycles. The van der Waals surface area contributed by atoms with E-state index in [0.717, 1.165) is 0 Å². The SMILES string of the molecule is N#[N+]c1ccc(Cl)cc1.[Br-]. The fourth-order valence-corrected chi connectivity index (χ4v) is 0.634. The van der Waals surface area contributed by atoms with E-state index in [1.807, 2.05) is 0 Å². The number of hydrogen-bond acceptors (Lipinski definition) is 1. The maximum atomic E-state index is 8.21. The van der Waals surface area contributed by atoms with Gasteiger partial charge < -0.3 is 17.0 Å². The van der Waals surface area contributed by atoms with Crippen LogP contribution in [0.1, 0.15) is 0 Å². The molecule has 0 aliphatic rings. The molecule has 0 saturated heterocycles. The molecule has 1 rings (SSSR count). The van der Waals surface area contributed by atoms with Crippen LogP contribution in [0.5, 0.6) is 0 Å². The van der Waals surface area contributed by atoms with E-state index in [-0.39, 0.29) is 17.0 Å². The Morgan fingerprint density at radius 3 is 2.10 bits per heavy atom. The van der Waals surface area contributed by atoms with Gasteiger partial charge in [0, 0.05) is 17.2 Å². The molecule has 52 valence electrons. The minimum absolute atomic E-state index is 0. The topological polar surface area (TPSA) is 28.1 Å². The Balaban J connectivity index is 0.000000810. The molecule has 10 heavy (non-hydrogen) atoms. The number of benzene rings is 1. The molecule has 2 nitrogen and oxygen atoms in total. The maximum Gasteiger partial charge on any atom is 0.385 e. The lowest BCUT2D eigenvalue weighted by atomic mass is 10.3. The zero-order chi connectivity index (χ0) is 6.69. The summed E-state index contributed by atoms with van der Waals surface area (Å²) in [5.74, 6) is 0. The number of hydrogen-bond donors (Lipinski definition) is 0. The molecule has 0 N–H and O–H groups in total. The van der Waals surface area contributed by atoms with Crippen molar-refractivity contribution in [3.8, 4) is 0 Å². The third-order valence-electron chi connectivity index (χ3n) is 0.942. The standard InChI is InChI=1S/C6H4ClN2.BrH/c7-5-1-3-6(9-8)4-2-5;/h1-4H;1H/q+1;/p-1. The molecule has 0 amide bonds. The van der Waals surface area contributed by atoms with Crippen LogP contribution in [0.4, 0.5) is 5.69 Å². The summed E-state index contributed by atoms with van der Waals surface area (Å²) in [4.78, 5) is 2.95. The monoisotopic (exact) mass is 218 g/mol. The van der Waals surface area contributed by atoms with Gasteiger partial charge in [-0.1, -0.05) is 11.6 Å². The molecule has 4 heteroatoms. The first kappa shape index (κ1) is 9.41. The molecule has 0 fully saturated rings. The Kier molecular flexibility index (Phi) is 4.01. The molecule has 0 atom stereocenters. The summed E-state index contributed by atoms with van der Waals surface area (Å²) in [6, 6.07) is 6.58. The van der Waals surface area contributed by atoms with Crippen LogP contribution < -0.4 is 17.0 Å². The highest BCUT2D eigenvalue weighted by Gasteiger charge is 1.99. The van der Waals surface area contributed by atoms with Crippen molar-refractivity contribution in [2.24, 2.45) is 0 Å². The molecule has 0 saturated carbocycles. The molecule has 0 radical (unpaired) electrons. The van der Waals surface area contributed by atoms with Crippen LogP contribution >= 0.6 is 11.6 Å². The zero-order valence-electron chi connectivity index (χ0n) is 4.96. The highest BCUT2D eigenvalue weighted by molar-refractivity contribution is 6.30. The second-order valence-electron chi connectivity index (χ2n) is 1.58. The number of diazo groups is 1. The zero-order valence-corrected chi connectivity index (χ0v) is 7.30. The van der Waals surface area contributed by atoms with Gasteiger partial charge in [0.1, 0.15) is 0 Å². The van der Waals surface area contributed by atoms with Crippen molar-refractivity contribution in [2.75, 3.05) is 0 Å². The van der Waals surface area contributed by atoms with Gasteiger partial charge in [-0.15, -0.1) is 0 Å². The van der Waals surface area contributed by atoms with Crippen LogP contribution in [0.3, 0.4) is 0 Å². The van der Waals surface area contributed by atoms with Crippen LogP contribution in [0, 0.1) is 5.39 Å². The molecule has 0 spiro atoms. The molecular formula is C6H4BrClN2. The maximum absolute atomic E-state index is 8.21. The Morgan fingerprint density at radius 1 is 1.20 bits per heavy atom. The van der Waals surface area contributed by atoms with E-state index in [1.54, 1.807) is 24.3 Å². The van der Waals surface area contributed by atoms with Crippen LogP contribution in [0.15, 0.2) is 24.3 Å². The van der Waals surface area contributed by atoms with Crippen LogP contribution in [-0.2, 0) is 0 Å². The fraction of sp³-hybridized carbons (Fsp3) is 0. The summed E-state index contributed by atoms with van der Waals surface area (Å²) in [7, 11) is 0. The lowest BCUT2D eigenvalue weighted by molar-refractivity contribution is -0.00000196. The quantitative estimate of drug-likeness (QED) is 0.557. The predicted octanol–water partition coefficient (Wildman–Crippen LogP) is -0.171. The van der Waals surface area contributed by atoms with E-state index in [1.165, 1.54) is 0 Å². The largest absolute Gasteiger partial charge is 1.00 e. The van der Waals surface area contributed by atoms with Crippen molar-refractivity contribution in [1.29, 1.82) is 5.39 Å². The van der Waals surface area contributed by atoms with Gasteiger partial charge in [0.15, 0.2) is 4.98 Å². The van der Waals surface area contributed by atoms with Gasteiger partial charge in [-0.25, -0.2) is 0 Å². The van der Waals surface area contributed by atoms with Gasteiger partial charge in [-0.2, -0.15) is 0 Å². The van der Waals surface area contributed by atoms with Crippen LogP contribution in [0.25, 0.3) is 4.98 Å². The number of halogens is 2. The van der Waals surface area contributed by atoms with Crippen LogP contribution in [0.2, 0.25) is 5.02 Å². The van der Waals surface area contributed by atoms with E-state index >= 15 is 0 Å². The second-order valence-corrected chi connectivity index (χ2v) is 2.01. The normalized spacial score (nSPS) is 7.60. The van der Waals surface area contributed by atoms with Crippen molar-refractivity contribution in [3.63, 3.8) is 0 Å². The summed E-state index contributed by atoms with van der Waals surface area (Å²) < 4.78 is 0. The van der Waals surface area contributed by atoms with Gasteiger partial charge in [0.25, 0.3) is 0 Å². The van der Waals surface area contributed by atoms with Gasteiger partial charge in [0.2, 0.25) is 5.39 Å². The molecule has 0 aliphatic carbocycles. The van der Waals surface area contributed by atoms with E-state index in [9.17, 15) is 0 Å². The van der Waals surface area contributed by atoms with Gasteiger partial charge in [-0.05, 0) is 12.1 Å². The smallest absolute Gasteiger partial charge is 0.385 e. The van der Waals surface area contributed by atoms with Crippen LogP contribution in [-0.4, -0.2) is 0 Å². The number of nitrogens with zero attached hydrogens (tertiary/aromatic N) is 2. The third-order valence-corrected chi connectivity index (χ3v) is 1.19. The Morgan fingerprint density at radius 2 is 1.70 bits per heavy atom. The lowest BCUT2D eigenvalue weighted by Crippen LogP contribution is -3.00. The summed E-state index contributed by atoms with van der Waals surface area (Å²) in [6.45, 7) is 0. The van der Waals surface area contributed by atoms with Gasteiger partial charge in [-0.3, -0.25) is 0 Å². The van der Waals surface area contributed by atoms with E-state index in [4.69, 9.17) is 17.0 Å². The van der Waals surface area contributed by atoms with Crippen molar-refractivity contribution in [2.45, 2.75) is 0 Å². The first-order valence-electron chi connectivity index (χ1n) is 2.43. The summed E-state index contributed by atoms with van der Waals surface area (Å²) in [5, 5.41) is 8.85. The van der Waals surface area contributed by atoms with Gasteiger partial charge in [0.05, 0.1) is 0 Å². The fourth-order valence-electron chi connectivity index (χ4n) is 0.508. The Hall–Kier alpha value is -0.590. The van der Waals surface area contributed by atoms with E-state index in [2.05, 4.69) is 4.98 Å². The number of rotatable bonds is 0. The molecule has 0 unspecified atom stereocenters. The average molecular weight is 219 g/mol. The molecule has 1 aromatic rings. The van der Waals surface area contributed by atoms with Gasteiger partial charge >= 0.3 is 5.69 Å². The minimum Gasteiger partial charge on any atom is -1.00 e. The van der Waals surface area contributed by atoms with E-state index in [0.29, 0.717) is 10.7 Å². The summed E-state index contributed by atoms with van der Waals surface area (Å²) in [5.41, 5.74) is 0.513. The van der Waals surface area contributed by atoms with Crippen molar-refractivity contribution in [3.05, 3.63) is 34.3 Å².